The number of rotatable bonds is 3. The number of nitrogens with one attached hydrogen (secondary N) is 1. The van der Waals surface area contributed by atoms with E-state index in [1.54, 1.807) is 16.7 Å². The average Bonchev–Trinajstić information content (AvgIpc) is 3.05. The molecule has 5 nitrogen and oxygen atoms in total. The zero-order chi connectivity index (χ0) is 16.5. The summed E-state index contributed by atoms with van der Waals surface area (Å²) in [5.74, 6) is 0. The zero-order valence-corrected chi connectivity index (χ0v) is 14.7. The van der Waals surface area contributed by atoms with Crippen LogP contribution in [-0.4, -0.2) is 35.6 Å². The molecule has 3 heterocycles. The first-order chi connectivity index (χ1) is 11.7. The average molecular weight is 362 g/mol. The maximum atomic E-state index is 12.1. The van der Waals surface area contributed by atoms with Gasteiger partial charge in [0, 0.05) is 28.4 Å². The van der Waals surface area contributed by atoms with E-state index in [0.29, 0.717) is 0 Å². The van der Waals surface area contributed by atoms with Crippen molar-refractivity contribution in [1.82, 2.24) is 9.38 Å². The molecule has 124 valence electrons. The molecule has 0 bridgehead atoms. The second kappa shape index (κ2) is 6.55. The largest absolute Gasteiger partial charge is 0.360 e. The van der Waals surface area contributed by atoms with Gasteiger partial charge in [-0.2, -0.15) is 0 Å². The molecule has 1 aliphatic rings. The monoisotopic (exact) mass is 361 g/mol. The molecule has 0 atom stereocenters. The van der Waals surface area contributed by atoms with Crippen molar-refractivity contribution in [1.29, 1.82) is 0 Å². The maximum absolute atomic E-state index is 12.1. The normalized spacial score (nSPS) is 16.0. The van der Waals surface area contributed by atoms with Gasteiger partial charge in [0.2, 0.25) is 0 Å². The van der Waals surface area contributed by atoms with Crippen molar-refractivity contribution in [3.8, 4) is 0 Å². The van der Waals surface area contributed by atoms with Gasteiger partial charge >= 0.3 is 0 Å². The van der Waals surface area contributed by atoms with Crippen LogP contribution in [0.4, 0.5) is 5.69 Å². The quantitative estimate of drug-likeness (QED) is 0.765. The van der Waals surface area contributed by atoms with Gasteiger partial charge in [0.05, 0.1) is 26.2 Å². The summed E-state index contributed by atoms with van der Waals surface area (Å²) in [6, 6.07) is 9.67. The van der Waals surface area contributed by atoms with Crippen LogP contribution in [0.1, 0.15) is 5.69 Å². The van der Waals surface area contributed by atoms with E-state index in [1.165, 1.54) is 21.9 Å². The van der Waals surface area contributed by atoms with Crippen LogP contribution in [0, 0.1) is 0 Å². The zero-order valence-electron chi connectivity index (χ0n) is 13.1. The Kier molecular flexibility index (Phi) is 4.26. The Labute approximate surface area is 148 Å². The molecule has 0 radical (unpaired) electrons. The van der Waals surface area contributed by atoms with Crippen LogP contribution in [0.2, 0.25) is 5.02 Å². The van der Waals surface area contributed by atoms with E-state index in [1.807, 2.05) is 23.6 Å². The second-order valence-corrected chi connectivity index (χ2v) is 7.34. The number of fused-ring (bicyclic) bond motifs is 1. The molecule has 0 saturated carbocycles. The summed E-state index contributed by atoms with van der Waals surface area (Å²) in [5.41, 5.74) is 2.07. The Morgan fingerprint density at radius 2 is 2.08 bits per heavy atom. The van der Waals surface area contributed by atoms with Crippen LogP contribution >= 0.6 is 22.9 Å². The molecule has 1 fully saturated rings. The van der Waals surface area contributed by atoms with Gasteiger partial charge in [0.1, 0.15) is 12.2 Å². The first-order valence-electron chi connectivity index (χ1n) is 7.99. The van der Waals surface area contributed by atoms with Crippen LogP contribution in [0.25, 0.3) is 4.96 Å². The van der Waals surface area contributed by atoms with Crippen LogP contribution in [0.3, 0.4) is 0 Å². The lowest BCUT2D eigenvalue weighted by Crippen LogP contribution is -3.13. The molecule has 1 saturated heterocycles. The van der Waals surface area contributed by atoms with E-state index >= 15 is 0 Å². The highest BCUT2D eigenvalue weighted by molar-refractivity contribution is 7.15. The Hall–Kier alpha value is -1.89. The van der Waals surface area contributed by atoms with Gasteiger partial charge in [0.25, 0.3) is 5.56 Å². The Morgan fingerprint density at radius 1 is 1.25 bits per heavy atom. The van der Waals surface area contributed by atoms with Gasteiger partial charge in [0.15, 0.2) is 4.96 Å². The van der Waals surface area contributed by atoms with Crippen LogP contribution in [-0.2, 0) is 6.54 Å². The third-order valence-corrected chi connectivity index (χ3v) is 5.42. The minimum absolute atomic E-state index is 0.00760. The van der Waals surface area contributed by atoms with Crippen molar-refractivity contribution >= 4 is 33.6 Å². The summed E-state index contributed by atoms with van der Waals surface area (Å²) in [6.45, 7) is 4.81. The van der Waals surface area contributed by atoms with Crippen molar-refractivity contribution < 1.29 is 4.90 Å². The molecule has 0 aliphatic carbocycles. The fourth-order valence-electron chi connectivity index (χ4n) is 3.17. The van der Waals surface area contributed by atoms with Gasteiger partial charge in [-0.1, -0.05) is 17.7 Å². The van der Waals surface area contributed by atoms with E-state index in [2.05, 4.69) is 16.0 Å². The lowest BCUT2D eigenvalue weighted by molar-refractivity contribution is -0.914. The molecule has 1 aliphatic heterocycles. The first kappa shape index (κ1) is 15.6. The Balaban J connectivity index is 1.43. The number of hydrogen-bond acceptors (Lipinski definition) is 4. The van der Waals surface area contributed by atoms with Gasteiger partial charge in [-0.3, -0.25) is 9.20 Å². The minimum Gasteiger partial charge on any atom is -0.360 e. The van der Waals surface area contributed by atoms with Crippen molar-refractivity contribution in [3.05, 3.63) is 63.0 Å². The molecule has 3 aromatic rings. The summed E-state index contributed by atoms with van der Waals surface area (Å²) < 4.78 is 1.60. The predicted octanol–water partition coefficient (Wildman–Crippen LogP) is 1.31. The maximum Gasteiger partial charge on any atom is 0.258 e. The molecule has 0 amide bonds. The van der Waals surface area contributed by atoms with Gasteiger partial charge in [-0.05, 0) is 18.2 Å². The molecule has 0 spiro atoms. The number of halogens is 1. The number of quaternary nitrogens is 1. The third kappa shape index (κ3) is 3.17. The number of anilines is 1. The molecule has 2 aromatic heterocycles. The van der Waals surface area contributed by atoms with Crippen molar-refractivity contribution in [2.45, 2.75) is 6.54 Å². The summed E-state index contributed by atoms with van der Waals surface area (Å²) >= 11 is 7.58. The molecule has 24 heavy (non-hydrogen) atoms. The fourth-order valence-corrected chi connectivity index (χ4v) is 4.09. The SMILES string of the molecule is O=c1cc(C[NH+]2CCN(c3cccc(Cl)c3)CC2)nc2sccn12. The number of benzene rings is 1. The van der Waals surface area contributed by atoms with Crippen LogP contribution in [0.15, 0.2) is 46.7 Å². The molecular formula is C17H18ClN4OS+. The minimum atomic E-state index is 0.00760. The van der Waals surface area contributed by atoms with E-state index < -0.39 is 0 Å². The number of nitrogens with zero attached hydrogens (tertiary/aromatic N) is 3. The molecule has 4 rings (SSSR count). The van der Waals surface area contributed by atoms with Crippen LogP contribution in [0.5, 0.6) is 0 Å². The molecular weight excluding hydrogens is 344 g/mol. The fraction of sp³-hybridized carbons (Fsp3) is 0.294. The highest BCUT2D eigenvalue weighted by Gasteiger charge is 2.21. The smallest absolute Gasteiger partial charge is 0.258 e. The van der Waals surface area contributed by atoms with E-state index in [9.17, 15) is 4.79 Å². The van der Waals surface area contributed by atoms with E-state index in [0.717, 1.165) is 48.4 Å². The summed E-state index contributed by atoms with van der Waals surface area (Å²) in [4.78, 5) is 21.3. The van der Waals surface area contributed by atoms with Crippen molar-refractivity contribution in [2.24, 2.45) is 0 Å². The highest BCUT2D eigenvalue weighted by atomic mass is 35.5. The number of piperazine rings is 1. The Morgan fingerprint density at radius 3 is 2.88 bits per heavy atom. The van der Waals surface area contributed by atoms with Crippen molar-refractivity contribution in [3.63, 3.8) is 0 Å². The lowest BCUT2D eigenvalue weighted by Gasteiger charge is -2.33. The van der Waals surface area contributed by atoms with Gasteiger partial charge in [-0.25, -0.2) is 4.98 Å². The number of thiazole rings is 1. The summed E-state index contributed by atoms with van der Waals surface area (Å²) in [5, 5.41) is 2.67. The van der Waals surface area contributed by atoms with Gasteiger partial charge in [-0.15, -0.1) is 11.3 Å². The summed E-state index contributed by atoms with van der Waals surface area (Å²) in [7, 11) is 0. The first-order valence-corrected chi connectivity index (χ1v) is 9.25. The molecule has 1 N–H and O–H groups in total. The molecule has 7 heteroatoms. The lowest BCUT2D eigenvalue weighted by atomic mass is 10.2. The van der Waals surface area contributed by atoms with E-state index in [4.69, 9.17) is 11.6 Å². The topological polar surface area (TPSA) is 42.0 Å². The highest BCUT2D eigenvalue weighted by Crippen LogP contribution is 2.19. The molecule has 1 aromatic carbocycles. The third-order valence-electron chi connectivity index (χ3n) is 4.43. The number of aromatic nitrogens is 2. The van der Waals surface area contributed by atoms with Crippen molar-refractivity contribution in [2.75, 3.05) is 31.1 Å². The Bertz CT molecular complexity index is 914. The van der Waals surface area contributed by atoms with Gasteiger partial charge < -0.3 is 9.80 Å². The second-order valence-electron chi connectivity index (χ2n) is 6.03. The van der Waals surface area contributed by atoms with Crippen LogP contribution < -0.4 is 15.4 Å². The predicted molar refractivity (Wildman–Crippen MR) is 97.4 cm³/mol. The molecule has 0 unspecified atom stereocenters. The number of hydrogen-bond donors (Lipinski definition) is 1. The van der Waals surface area contributed by atoms with E-state index in [-0.39, 0.29) is 5.56 Å². The standard InChI is InChI=1S/C17H17ClN4OS/c18-13-2-1-3-15(10-13)21-6-4-20(5-7-21)12-14-11-16(23)22-8-9-24-17(22)19-14/h1-3,8-11H,4-7,12H2/p+1. The summed E-state index contributed by atoms with van der Waals surface area (Å²) in [6.07, 6.45) is 1.77.